The Labute approximate surface area is 128 Å². The molecule has 2 aromatic carbocycles. The number of rotatable bonds is 0. The molecule has 0 amide bonds. The molecule has 0 spiro atoms. The summed E-state index contributed by atoms with van der Waals surface area (Å²) >= 11 is 0. The second-order valence-electron chi connectivity index (χ2n) is 5.40. The lowest BCUT2D eigenvalue weighted by molar-refractivity contribution is 0.475. The molecule has 4 heteroatoms. The van der Waals surface area contributed by atoms with E-state index in [9.17, 15) is 0 Å². The summed E-state index contributed by atoms with van der Waals surface area (Å²) < 4.78 is 0. The number of aromatic hydroxyl groups is 2. The van der Waals surface area contributed by atoms with Gasteiger partial charge in [0.2, 0.25) is 0 Å². The third-order valence-electron chi connectivity index (χ3n) is 3.74. The number of aryl methyl sites for hydroxylation is 2. The SMILES string of the molecule is Cc1c[nH]c2cc(O)ccc12.Cc1c[nH]c2cc(O)ccc12. The van der Waals surface area contributed by atoms with Gasteiger partial charge in [-0.25, -0.2) is 0 Å². The smallest absolute Gasteiger partial charge is 0.117 e. The number of phenols is 2. The van der Waals surface area contributed by atoms with Crippen molar-refractivity contribution in [3.63, 3.8) is 0 Å². The summed E-state index contributed by atoms with van der Waals surface area (Å²) in [6.07, 6.45) is 3.87. The Morgan fingerprint density at radius 3 is 1.50 bits per heavy atom. The molecule has 0 radical (unpaired) electrons. The lowest BCUT2D eigenvalue weighted by Gasteiger charge is -1.91. The van der Waals surface area contributed by atoms with E-state index in [1.54, 1.807) is 24.3 Å². The van der Waals surface area contributed by atoms with Gasteiger partial charge in [-0.1, -0.05) is 0 Å². The van der Waals surface area contributed by atoms with E-state index in [0.29, 0.717) is 11.5 Å². The Morgan fingerprint density at radius 1 is 0.682 bits per heavy atom. The first kappa shape index (κ1) is 14.1. The molecule has 2 aromatic heterocycles. The van der Waals surface area contributed by atoms with Crippen LogP contribution in [0.3, 0.4) is 0 Å². The van der Waals surface area contributed by atoms with E-state index in [2.05, 4.69) is 9.97 Å². The average molecular weight is 294 g/mol. The van der Waals surface area contributed by atoms with Crippen molar-refractivity contribution in [2.24, 2.45) is 0 Å². The van der Waals surface area contributed by atoms with Crippen molar-refractivity contribution in [1.82, 2.24) is 9.97 Å². The fraction of sp³-hybridized carbons (Fsp3) is 0.111. The summed E-state index contributed by atoms with van der Waals surface area (Å²) in [5.41, 5.74) is 4.39. The van der Waals surface area contributed by atoms with Crippen LogP contribution in [0.25, 0.3) is 21.8 Å². The molecule has 2 heterocycles. The summed E-state index contributed by atoms with van der Waals surface area (Å²) in [5.74, 6) is 0.610. The summed E-state index contributed by atoms with van der Waals surface area (Å²) in [7, 11) is 0. The molecule has 4 nitrogen and oxygen atoms in total. The van der Waals surface area contributed by atoms with Gasteiger partial charge in [0.05, 0.1) is 0 Å². The Kier molecular flexibility index (Phi) is 3.51. The van der Waals surface area contributed by atoms with Gasteiger partial charge in [0, 0.05) is 46.3 Å². The highest BCUT2D eigenvalue weighted by atomic mass is 16.3. The van der Waals surface area contributed by atoms with Crippen LogP contribution in [0.4, 0.5) is 0 Å². The van der Waals surface area contributed by atoms with E-state index in [4.69, 9.17) is 10.2 Å². The van der Waals surface area contributed by atoms with Crippen LogP contribution >= 0.6 is 0 Å². The van der Waals surface area contributed by atoms with Crippen molar-refractivity contribution in [3.05, 3.63) is 59.9 Å². The maximum Gasteiger partial charge on any atom is 0.117 e. The maximum atomic E-state index is 9.12. The Hall–Kier alpha value is -2.88. The van der Waals surface area contributed by atoms with Crippen LogP contribution < -0.4 is 0 Å². The zero-order chi connectivity index (χ0) is 15.7. The largest absolute Gasteiger partial charge is 0.508 e. The number of hydrogen-bond donors (Lipinski definition) is 4. The molecule has 112 valence electrons. The number of fused-ring (bicyclic) bond motifs is 2. The minimum absolute atomic E-state index is 0.305. The monoisotopic (exact) mass is 294 g/mol. The summed E-state index contributed by atoms with van der Waals surface area (Å²) in [4.78, 5) is 6.14. The van der Waals surface area contributed by atoms with Crippen LogP contribution in [0.15, 0.2) is 48.8 Å². The van der Waals surface area contributed by atoms with Crippen LogP contribution in [-0.4, -0.2) is 20.2 Å². The second-order valence-corrected chi connectivity index (χ2v) is 5.40. The third kappa shape index (κ3) is 2.63. The van der Waals surface area contributed by atoms with Crippen molar-refractivity contribution in [1.29, 1.82) is 0 Å². The summed E-state index contributed by atoms with van der Waals surface area (Å²) in [6.45, 7) is 4.08. The molecule has 4 rings (SSSR count). The minimum atomic E-state index is 0.305. The zero-order valence-corrected chi connectivity index (χ0v) is 12.5. The predicted octanol–water partition coefficient (Wildman–Crippen LogP) is 4.36. The van der Waals surface area contributed by atoms with Crippen LogP contribution in [-0.2, 0) is 0 Å². The van der Waals surface area contributed by atoms with Crippen LogP contribution in [0.2, 0.25) is 0 Å². The first-order chi connectivity index (χ1) is 10.5. The molecule has 4 aromatic rings. The molecule has 0 unspecified atom stereocenters. The third-order valence-corrected chi connectivity index (χ3v) is 3.74. The summed E-state index contributed by atoms with van der Waals surface area (Å²) in [6, 6.07) is 10.7. The van der Waals surface area contributed by atoms with Crippen molar-refractivity contribution >= 4 is 21.8 Å². The van der Waals surface area contributed by atoms with E-state index >= 15 is 0 Å². The molecule has 0 fully saturated rings. The standard InChI is InChI=1S/2C9H9NO/c2*1-6-5-10-9-4-7(11)2-3-8(6)9/h2*2-5,10-11H,1H3. The van der Waals surface area contributed by atoms with Gasteiger partial charge in [-0.05, 0) is 49.2 Å². The maximum absolute atomic E-state index is 9.12. The Balaban J connectivity index is 0.000000131. The van der Waals surface area contributed by atoms with E-state index in [1.807, 2.05) is 38.4 Å². The van der Waals surface area contributed by atoms with Gasteiger partial charge in [0.25, 0.3) is 0 Å². The molecular formula is C18H18N2O2. The van der Waals surface area contributed by atoms with Gasteiger partial charge >= 0.3 is 0 Å². The van der Waals surface area contributed by atoms with E-state index in [0.717, 1.165) is 11.0 Å². The lowest BCUT2D eigenvalue weighted by atomic mass is 10.2. The number of aromatic amines is 2. The Bertz CT molecular complexity index is 857. The molecule has 0 bridgehead atoms. The minimum Gasteiger partial charge on any atom is -0.508 e. The molecular weight excluding hydrogens is 276 g/mol. The summed E-state index contributed by atoms with van der Waals surface area (Å²) in [5, 5.41) is 20.6. The number of nitrogens with one attached hydrogen (secondary N) is 2. The van der Waals surface area contributed by atoms with Gasteiger partial charge in [-0.15, -0.1) is 0 Å². The van der Waals surface area contributed by atoms with Gasteiger partial charge in [0.1, 0.15) is 11.5 Å². The topological polar surface area (TPSA) is 72.0 Å². The highest BCUT2D eigenvalue weighted by molar-refractivity contribution is 5.84. The number of phenolic OH excluding ortho intramolecular Hbond substituents is 2. The quantitative estimate of drug-likeness (QED) is 0.389. The Morgan fingerprint density at radius 2 is 1.09 bits per heavy atom. The molecule has 0 aliphatic carbocycles. The van der Waals surface area contributed by atoms with Gasteiger partial charge < -0.3 is 20.2 Å². The van der Waals surface area contributed by atoms with Gasteiger partial charge in [-0.2, -0.15) is 0 Å². The first-order valence-electron chi connectivity index (χ1n) is 7.08. The lowest BCUT2D eigenvalue weighted by Crippen LogP contribution is -1.68. The number of aromatic nitrogens is 2. The highest BCUT2D eigenvalue weighted by Crippen LogP contribution is 2.22. The molecule has 0 aliphatic heterocycles. The normalized spacial score (nSPS) is 10.6. The fourth-order valence-corrected chi connectivity index (χ4v) is 2.52. The van der Waals surface area contributed by atoms with Crippen molar-refractivity contribution in [3.8, 4) is 11.5 Å². The second kappa shape index (κ2) is 5.48. The van der Waals surface area contributed by atoms with E-state index < -0.39 is 0 Å². The number of hydrogen-bond acceptors (Lipinski definition) is 2. The van der Waals surface area contributed by atoms with Crippen LogP contribution in [0, 0.1) is 13.8 Å². The van der Waals surface area contributed by atoms with Gasteiger partial charge in [0.15, 0.2) is 0 Å². The average Bonchev–Trinajstić information content (AvgIpc) is 3.03. The van der Waals surface area contributed by atoms with Gasteiger partial charge in [-0.3, -0.25) is 0 Å². The van der Waals surface area contributed by atoms with Crippen molar-refractivity contribution in [2.45, 2.75) is 13.8 Å². The van der Waals surface area contributed by atoms with E-state index in [1.165, 1.54) is 21.9 Å². The molecule has 0 saturated heterocycles. The predicted molar refractivity (Wildman–Crippen MR) is 89.4 cm³/mol. The fourth-order valence-electron chi connectivity index (χ4n) is 2.52. The molecule has 0 atom stereocenters. The van der Waals surface area contributed by atoms with E-state index in [-0.39, 0.29) is 0 Å². The zero-order valence-electron chi connectivity index (χ0n) is 12.5. The molecule has 0 aliphatic rings. The molecule has 4 N–H and O–H groups in total. The number of benzene rings is 2. The highest BCUT2D eigenvalue weighted by Gasteiger charge is 1.99. The van der Waals surface area contributed by atoms with Crippen LogP contribution in [0.1, 0.15) is 11.1 Å². The molecule has 22 heavy (non-hydrogen) atoms. The first-order valence-corrected chi connectivity index (χ1v) is 7.08. The van der Waals surface area contributed by atoms with Crippen molar-refractivity contribution < 1.29 is 10.2 Å². The molecule has 0 saturated carbocycles. The van der Waals surface area contributed by atoms with Crippen LogP contribution in [0.5, 0.6) is 11.5 Å². The van der Waals surface area contributed by atoms with Crippen molar-refractivity contribution in [2.75, 3.05) is 0 Å². The number of H-pyrrole nitrogens is 2.